The van der Waals surface area contributed by atoms with Crippen molar-refractivity contribution in [1.82, 2.24) is 4.90 Å². The Bertz CT molecular complexity index is 671. The molecule has 1 aromatic rings. The Balaban J connectivity index is 2.09. The summed E-state index contributed by atoms with van der Waals surface area (Å²) >= 11 is 0. The summed E-state index contributed by atoms with van der Waals surface area (Å²) in [5.41, 5.74) is -1.33. The van der Waals surface area contributed by atoms with Crippen LogP contribution >= 0.6 is 0 Å². The van der Waals surface area contributed by atoms with Crippen LogP contribution in [0.15, 0.2) is 24.3 Å². The van der Waals surface area contributed by atoms with Gasteiger partial charge in [0.05, 0.1) is 6.61 Å². The number of carbonyl (C=O) groups excluding carboxylic acids is 2. The van der Waals surface area contributed by atoms with Gasteiger partial charge in [0.2, 0.25) is 0 Å². The van der Waals surface area contributed by atoms with Gasteiger partial charge in [0.25, 0.3) is 0 Å². The molecule has 28 heavy (non-hydrogen) atoms. The van der Waals surface area contributed by atoms with Crippen LogP contribution in [0.2, 0.25) is 0 Å². The molecular weight excluding hydrogens is 365 g/mol. The molecule has 1 heterocycles. The van der Waals surface area contributed by atoms with Crippen LogP contribution in [0.4, 0.5) is 9.18 Å². The first-order chi connectivity index (χ1) is 12.8. The Morgan fingerprint density at radius 2 is 1.75 bits per heavy atom. The largest absolute Gasteiger partial charge is 0.493 e. The highest BCUT2D eigenvalue weighted by atomic mass is 19.1. The number of amides is 1. The van der Waals surface area contributed by atoms with Crippen molar-refractivity contribution in [2.24, 2.45) is 5.92 Å². The van der Waals surface area contributed by atoms with E-state index in [4.69, 9.17) is 14.2 Å². The van der Waals surface area contributed by atoms with Gasteiger partial charge in [-0.2, -0.15) is 0 Å². The summed E-state index contributed by atoms with van der Waals surface area (Å²) in [4.78, 5) is 26.7. The van der Waals surface area contributed by atoms with E-state index in [1.165, 1.54) is 17.0 Å². The number of hydrogen-bond acceptors (Lipinski definition) is 5. The SMILES string of the molecule is CC(C)(C)OC(=O)C1CC(COc2cccc(F)c2)CN1C(=O)OC(C)(C)C. The van der Waals surface area contributed by atoms with E-state index in [1.807, 2.05) is 0 Å². The van der Waals surface area contributed by atoms with Crippen molar-refractivity contribution in [3.8, 4) is 5.75 Å². The molecule has 0 spiro atoms. The van der Waals surface area contributed by atoms with E-state index < -0.39 is 29.3 Å². The number of nitrogens with zero attached hydrogens (tertiary/aromatic N) is 1. The van der Waals surface area contributed by atoms with Gasteiger partial charge in [-0.25, -0.2) is 14.0 Å². The molecular formula is C21H30FNO5. The number of esters is 1. The molecule has 7 heteroatoms. The standard InChI is InChI=1S/C21H30FNO5/c1-20(2,3)27-18(24)17-10-14(12-23(17)19(25)28-21(4,5)6)13-26-16-9-7-8-15(22)11-16/h7-9,11,14,17H,10,12-13H2,1-6H3. The topological polar surface area (TPSA) is 65.1 Å². The Morgan fingerprint density at radius 3 is 2.32 bits per heavy atom. The molecule has 0 bridgehead atoms. The second-order valence-electron chi connectivity index (χ2n) is 9.05. The molecule has 1 aliphatic rings. The van der Waals surface area contributed by atoms with Gasteiger partial charge in [0, 0.05) is 18.5 Å². The lowest BCUT2D eigenvalue weighted by molar-refractivity contribution is -0.160. The first kappa shape index (κ1) is 22.0. The highest BCUT2D eigenvalue weighted by Crippen LogP contribution is 2.28. The summed E-state index contributed by atoms with van der Waals surface area (Å²) in [6.07, 6.45) is -0.166. The van der Waals surface area contributed by atoms with Gasteiger partial charge in [0.15, 0.2) is 0 Å². The van der Waals surface area contributed by atoms with Crippen molar-refractivity contribution >= 4 is 12.1 Å². The minimum Gasteiger partial charge on any atom is -0.493 e. The second-order valence-corrected chi connectivity index (χ2v) is 9.05. The van der Waals surface area contributed by atoms with Gasteiger partial charge in [-0.1, -0.05) is 6.07 Å². The molecule has 1 amide bonds. The number of rotatable bonds is 4. The zero-order valence-electron chi connectivity index (χ0n) is 17.5. The molecule has 1 fully saturated rings. The van der Waals surface area contributed by atoms with Crippen molar-refractivity contribution in [2.45, 2.75) is 65.2 Å². The molecule has 1 aromatic carbocycles. The van der Waals surface area contributed by atoms with Crippen LogP contribution in [0.5, 0.6) is 5.75 Å². The molecule has 1 aliphatic heterocycles. The van der Waals surface area contributed by atoms with Gasteiger partial charge >= 0.3 is 12.1 Å². The molecule has 2 atom stereocenters. The summed E-state index contributed by atoms with van der Waals surface area (Å²) in [5.74, 6) is -0.546. The van der Waals surface area contributed by atoms with Crippen molar-refractivity contribution in [3.05, 3.63) is 30.1 Å². The first-order valence-electron chi connectivity index (χ1n) is 9.45. The highest BCUT2D eigenvalue weighted by Gasteiger charge is 2.43. The number of halogens is 1. The Labute approximate surface area is 165 Å². The van der Waals surface area contributed by atoms with Crippen molar-refractivity contribution < 1.29 is 28.2 Å². The lowest BCUT2D eigenvalue weighted by Gasteiger charge is -2.29. The highest BCUT2D eigenvalue weighted by molar-refractivity contribution is 5.82. The quantitative estimate of drug-likeness (QED) is 0.716. The average molecular weight is 395 g/mol. The van der Waals surface area contributed by atoms with Crippen LogP contribution in [0.25, 0.3) is 0 Å². The number of benzene rings is 1. The molecule has 156 valence electrons. The van der Waals surface area contributed by atoms with Crippen LogP contribution in [0.1, 0.15) is 48.0 Å². The van der Waals surface area contributed by atoms with E-state index >= 15 is 0 Å². The number of carbonyl (C=O) groups is 2. The van der Waals surface area contributed by atoms with Gasteiger partial charge in [0.1, 0.15) is 28.8 Å². The maximum Gasteiger partial charge on any atom is 0.411 e. The summed E-state index contributed by atoms with van der Waals surface area (Å²) in [6, 6.07) is 5.12. The molecule has 0 saturated carbocycles. The van der Waals surface area contributed by atoms with Crippen molar-refractivity contribution in [2.75, 3.05) is 13.2 Å². The lowest BCUT2D eigenvalue weighted by atomic mass is 10.1. The smallest absolute Gasteiger partial charge is 0.411 e. The predicted octanol–water partition coefficient (Wildman–Crippen LogP) is 4.17. The van der Waals surface area contributed by atoms with Gasteiger partial charge in [-0.3, -0.25) is 4.90 Å². The molecule has 6 nitrogen and oxygen atoms in total. The van der Waals surface area contributed by atoms with Crippen molar-refractivity contribution in [1.29, 1.82) is 0 Å². The second kappa shape index (κ2) is 8.37. The van der Waals surface area contributed by atoms with Crippen LogP contribution in [0.3, 0.4) is 0 Å². The van der Waals surface area contributed by atoms with E-state index in [-0.39, 0.29) is 18.3 Å². The van der Waals surface area contributed by atoms with Crippen LogP contribution in [-0.2, 0) is 14.3 Å². The summed E-state index contributed by atoms with van der Waals surface area (Å²) in [6.45, 7) is 11.2. The van der Waals surface area contributed by atoms with Gasteiger partial charge < -0.3 is 14.2 Å². The molecule has 0 aromatic heterocycles. The number of ether oxygens (including phenoxy) is 3. The zero-order chi connectivity index (χ0) is 21.1. The fourth-order valence-electron chi connectivity index (χ4n) is 2.93. The third-order valence-corrected chi connectivity index (χ3v) is 3.98. The third-order valence-electron chi connectivity index (χ3n) is 3.98. The van der Waals surface area contributed by atoms with Gasteiger partial charge in [-0.15, -0.1) is 0 Å². The molecule has 0 aliphatic carbocycles. The fourth-order valence-corrected chi connectivity index (χ4v) is 2.93. The van der Waals surface area contributed by atoms with E-state index in [2.05, 4.69) is 0 Å². The molecule has 0 N–H and O–H groups in total. The average Bonchev–Trinajstić information content (AvgIpc) is 2.94. The monoisotopic (exact) mass is 395 g/mol. The Hall–Kier alpha value is -2.31. The molecule has 0 radical (unpaired) electrons. The van der Waals surface area contributed by atoms with E-state index in [9.17, 15) is 14.0 Å². The minimum absolute atomic E-state index is 0.103. The summed E-state index contributed by atoms with van der Waals surface area (Å²) in [5, 5.41) is 0. The van der Waals surface area contributed by atoms with E-state index in [0.29, 0.717) is 18.7 Å². The van der Waals surface area contributed by atoms with Crippen LogP contribution in [-0.4, -0.2) is 47.4 Å². The molecule has 2 rings (SSSR count). The Morgan fingerprint density at radius 1 is 1.11 bits per heavy atom. The molecule has 2 unspecified atom stereocenters. The first-order valence-corrected chi connectivity index (χ1v) is 9.45. The maximum atomic E-state index is 13.3. The summed E-state index contributed by atoms with van der Waals surface area (Å²) in [7, 11) is 0. The van der Waals surface area contributed by atoms with Crippen LogP contribution in [0, 0.1) is 11.7 Å². The number of likely N-dealkylation sites (tertiary alicyclic amines) is 1. The van der Waals surface area contributed by atoms with Crippen LogP contribution < -0.4 is 4.74 Å². The fraction of sp³-hybridized carbons (Fsp3) is 0.619. The van der Waals surface area contributed by atoms with E-state index in [1.54, 1.807) is 53.7 Å². The minimum atomic E-state index is -0.741. The predicted molar refractivity (Wildman–Crippen MR) is 103 cm³/mol. The van der Waals surface area contributed by atoms with E-state index in [0.717, 1.165) is 0 Å². The number of hydrogen-bond donors (Lipinski definition) is 0. The normalized spacial score (nSPS) is 20.0. The van der Waals surface area contributed by atoms with Gasteiger partial charge in [-0.05, 0) is 60.1 Å². The third kappa shape index (κ3) is 6.69. The maximum absolute atomic E-state index is 13.3. The molecule has 1 saturated heterocycles. The summed E-state index contributed by atoms with van der Waals surface area (Å²) < 4.78 is 29.9. The van der Waals surface area contributed by atoms with Crippen molar-refractivity contribution in [3.63, 3.8) is 0 Å². The Kier molecular flexibility index (Phi) is 6.57. The lowest BCUT2D eigenvalue weighted by Crippen LogP contribution is -2.45. The zero-order valence-corrected chi connectivity index (χ0v) is 17.5.